The minimum atomic E-state index is -0.948. The van der Waals surface area contributed by atoms with E-state index < -0.39 is 5.54 Å². The van der Waals surface area contributed by atoms with Gasteiger partial charge in [0, 0.05) is 17.5 Å². The third-order valence-corrected chi connectivity index (χ3v) is 7.48. The molecule has 28 heavy (non-hydrogen) atoms. The van der Waals surface area contributed by atoms with Crippen LogP contribution in [0.5, 0.6) is 0 Å². The molecule has 0 bridgehead atoms. The number of imide groups is 1. The second kappa shape index (κ2) is 6.71. The molecule has 2 fully saturated rings. The topological polar surface area (TPSA) is 52.7 Å². The van der Waals surface area contributed by atoms with Crippen molar-refractivity contribution in [2.75, 3.05) is 13.2 Å². The number of rotatable bonds is 5. The summed E-state index contributed by atoms with van der Waals surface area (Å²) < 4.78 is 0. The molecule has 0 radical (unpaired) electrons. The Morgan fingerprint density at radius 2 is 1.96 bits per heavy atom. The van der Waals surface area contributed by atoms with Crippen molar-refractivity contribution in [3.8, 4) is 0 Å². The number of hydrogen-bond acceptors (Lipinski definition) is 4. The Balaban J connectivity index is 1.43. The maximum Gasteiger partial charge on any atom is 0.326 e. The maximum atomic E-state index is 13.4. The zero-order chi connectivity index (χ0) is 19.3. The molecule has 2 aromatic rings. The van der Waals surface area contributed by atoms with Gasteiger partial charge in [-0.1, -0.05) is 37.3 Å². The van der Waals surface area contributed by atoms with Gasteiger partial charge in [0.25, 0.3) is 5.91 Å². The van der Waals surface area contributed by atoms with Crippen LogP contribution in [0, 0.1) is 5.92 Å². The lowest BCUT2D eigenvalue weighted by Gasteiger charge is -2.38. The molecular weight excluding hydrogens is 370 g/mol. The minimum Gasteiger partial charge on any atom is -0.319 e. The van der Waals surface area contributed by atoms with E-state index in [2.05, 4.69) is 21.7 Å². The summed E-state index contributed by atoms with van der Waals surface area (Å²) in [7, 11) is 0. The number of amides is 3. The van der Waals surface area contributed by atoms with Gasteiger partial charge in [0.2, 0.25) is 0 Å². The molecule has 1 aromatic heterocycles. The fraction of sp³-hybridized carbons (Fsp3) is 0.455. The van der Waals surface area contributed by atoms with E-state index in [9.17, 15) is 9.59 Å². The molecule has 1 aromatic carbocycles. The van der Waals surface area contributed by atoms with Crippen LogP contribution in [0.1, 0.15) is 48.2 Å². The number of thiophene rings is 1. The molecular formula is C22H25N3O2S. The largest absolute Gasteiger partial charge is 0.326 e. The van der Waals surface area contributed by atoms with Crippen LogP contribution in [0.2, 0.25) is 0 Å². The van der Waals surface area contributed by atoms with Crippen LogP contribution in [0.25, 0.3) is 0 Å². The summed E-state index contributed by atoms with van der Waals surface area (Å²) in [6.07, 6.45) is 4.01. The van der Waals surface area contributed by atoms with Crippen molar-refractivity contribution in [1.82, 2.24) is 15.1 Å². The molecule has 1 saturated heterocycles. The Morgan fingerprint density at radius 3 is 2.68 bits per heavy atom. The minimum absolute atomic E-state index is 0.128. The Morgan fingerprint density at radius 1 is 1.18 bits per heavy atom. The Hall–Kier alpha value is -2.18. The fourth-order valence-electron chi connectivity index (χ4n) is 4.82. The Bertz CT molecular complexity index is 908. The lowest BCUT2D eigenvalue weighted by molar-refractivity contribution is -0.133. The first kappa shape index (κ1) is 17.9. The highest BCUT2D eigenvalue weighted by atomic mass is 32.1. The van der Waals surface area contributed by atoms with E-state index in [1.807, 2.05) is 48.6 Å². The van der Waals surface area contributed by atoms with Gasteiger partial charge in [-0.25, -0.2) is 9.69 Å². The van der Waals surface area contributed by atoms with Crippen LogP contribution < -0.4 is 5.32 Å². The summed E-state index contributed by atoms with van der Waals surface area (Å²) in [5.74, 6) is 0.524. The Labute approximate surface area is 169 Å². The first-order valence-corrected chi connectivity index (χ1v) is 11.0. The molecule has 5 nitrogen and oxygen atoms in total. The van der Waals surface area contributed by atoms with E-state index in [0.29, 0.717) is 25.0 Å². The second-order valence-corrected chi connectivity index (χ2v) is 9.07. The summed E-state index contributed by atoms with van der Waals surface area (Å²) >= 11 is 1.83. The number of carbonyl (C=O) groups is 2. The molecule has 2 atom stereocenters. The summed E-state index contributed by atoms with van der Waals surface area (Å²) in [5, 5.41) is 5.18. The van der Waals surface area contributed by atoms with E-state index in [4.69, 9.17) is 0 Å². The summed E-state index contributed by atoms with van der Waals surface area (Å²) in [5.41, 5.74) is 1.32. The number of carbonyl (C=O) groups excluding carboxylic acids is 2. The van der Waals surface area contributed by atoms with Crippen molar-refractivity contribution in [2.24, 2.45) is 5.92 Å². The fourth-order valence-corrected chi connectivity index (χ4v) is 5.73. The Kier molecular flexibility index (Phi) is 4.29. The molecule has 6 heteroatoms. The number of urea groups is 1. The van der Waals surface area contributed by atoms with E-state index in [1.54, 1.807) is 0 Å². The smallest absolute Gasteiger partial charge is 0.319 e. The van der Waals surface area contributed by atoms with Crippen molar-refractivity contribution in [1.29, 1.82) is 0 Å². The zero-order valence-electron chi connectivity index (χ0n) is 16.1. The average molecular weight is 396 g/mol. The summed E-state index contributed by atoms with van der Waals surface area (Å²) in [6, 6.07) is 11.9. The molecule has 1 saturated carbocycles. The van der Waals surface area contributed by atoms with Crippen molar-refractivity contribution >= 4 is 23.3 Å². The average Bonchev–Trinajstić information content (AvgIpc) is 3.39. The van der Waals surface area contributed by atoms with Gasteiger partial charge >= 0.3 is 6.03 Å². The van der Waals surface area contributed by atoms with Crippen LogP contribution in [-0.2, 0) is 16.8 Å². The van der Waals surface area contributed by atoms with Gasteiger partial charge in [-0.3, -0.25) is 9.69 Å². The molecule has 0 spiro atoms. The molecule has 3 heterocycles. The number of nitrogens with one attached hydrogen (secondary N) is 1. The molecule has 1 N–H and O–H groups in total. The molecule has 146 valence electrons. The van der Waals surface area contributed by atoms with E-state index in [1.165, 1.54) is 28.2 Å². The van der Waals surface area contributed by atoms with Gasteiger partial charge < -0.3 is 5.32 Å². The molecule has 3 aliphatic rings. The monoisotopic (exact) mass is 395 g/mol. The third kappa shape index (κ3) is 2.70. The zero-order valence-corrected chi connectivity index (χ0v) is 16.9. The van der Waals surface area contributed by atoms with Gasteiger partial charge in [-0.05, 0) is 54.2 Å². The van der Waals surface area contributed by atoms with Crippen molar-refractivity contribution in [3.63, 3.8) is 0 Å². The highest BCUT2D eigenvalue weighted by Gasteiger charge is 2.52. The molecule has 1 aliphatic carbocycles. The van der Waals surface area contributed by atoms with Crippen LogP contribution in [0.15, 0.2) is 41.8 Å². The van der Waals surface area contributed by atoms with Crippen molar-refractivity contribution in [3.05, 3.63) is 57.8 Å². The first-order valence-electron chi connectivity index (χ1n) is 10.1. The van der Waals surface area contributed by atoms with Crippen molar-refractivity contribution in [2.45, 2.75) is 44.2 Å². The van der Waals surface area contributed by atoms with E-state index in [-0.39, 0.29) is 11.9 Å². The number of fused-ring (bicyclic) bond motifs is 1. The van der Waals surface area contributed by atoms with E-state index in [0.717, 1.165) is 18.5 Å². The number of hydrogen-bond donors (Lipinski definition) is 1. The van der Waals surface area contributed by atoms with Crippen molar-refractivity contribution < 1.29 is 9.59 Å². The summed E-state index contributed by atoms with van der Waals surface area (Å²) in [6.45, 7) is 3.23. The lowest BCUT2D eigenvalue weighted by atomic mass is 9.87. The van der Waals surface area contributed by atoms with Gasteiger partial charge in [-0.15, -0.1) is 11.3 Å². The molecule has 2 aliphatic heterocycles. The van der Waals surface area contributed by atoms with Gasteiger partial charge in [0.1, 0.15) is 5.54 Å². The quantitative estimate of drug-likeness (QED) is 0.782. The standard InChI is InChI=1S/C22H25N3O2S/c1-2-22(16-6-4-3-5-7-16)20(26)25(21(27)23-22)14-24-12-10-18-17(11-13-28-18)19(24)15-8-9-15/h3-7,11,13,15,19H,2,8-10,12,14H2,1H3,(H,23,27)/t19-,22+/m0/s1. The lowest BCUT2D eigenvalue weighted by Crippen LogP contribution is -2.47. The highest BCUT2D eigenvalue weighted by Crippen LogP contribution is 2.48. The highest BCUT2D eigenvalue weighted by molar-refractivity contribution is 7.10. The van der Waals surface area contributed by atoms with E-state index >= 15 is 0 Å². The predicted molar refractivity (Wildman–Crippen MR) is 109 cm³/mol. The SMILES string of the molecule is CC[C@]1(c2ccccc2)NC(=O)N(CN2CCc3sccc3[C@@H]2C2CC2)C1=O. The summed E-state index contributed by atoms with van der Waals surface area (Å²) in [4.78, 5) is 31.6. The second-order valence-electron chi connectivity index (χ2n) is 8.07. The number of benzene rings is 1. The third-order valence-electron chi connectivity index (χ3n) is 6.48. The van der Waals surface area contributed by atoms with Crippen LogP contribution in [-0.4, -0.2) is 35.0 Å². The first-order chi connectivity index (χ1) is 13.6. The van der Waals surface area contributed by atoms with Gasteiger partial charge in [-0.2, -0.15) is 0 Å². The normalized spacial score (nSPS) is 27.8. The van der Waals surface area contributed by atoms with Crippen LogP contribution in [0.4, 0.5) is 4.79 Å². The van der Waals surface area contributed by atoms with Crippen LogP contribution >= 0.6 is 11.3 Å². The van der Waals surface area contributed by atoms with Gasteiger partial charge in [0.05, 0.1) is 6.67 Å². The molecule has 0 unspecified atom stereocenters. The molecule has 5 rings (SSSR count). The number of nitrogens with zero attached hydrogens (tertiary/aromatic N) is 2. The van der Waals surface area contributed by atoms with Gasteiger partial charge in [0.15, 0.2) is 0 Å². The molecule has 3 amide bonds. The van der Waals surface area contributed by atoms with Crippen LogP contribution in [0.3, 0.4) is 0 Å². The maximum absolute atomic E-state index is 13.4. The predicted octanol–water partition coefficient (Wildman–Crippen LogP) is 3.87.